The van der Waals surface area contributed by atoms with Gasteiger partial charge in [-0.2, -0.15) is 0 Å². The molecular formula is C18H26N2. The Morgan fingerprint density at radius 1 is 1.00 bits per heavy atom. The molecule has 2 nitrogen and oxygen atoms in total. The second kappa shape index (κ2) is 4.77. The van der Waals surface area contributed by atoms with Gasteiger partial charge in [0, 0.05) is 18.3 Å². The molecule has 20 heavy (non-hydrogen) atoms. The lowest BCUT2D eigenvalue weighted by Crippen LogP contribution is -2.56. The summed E-state index contributed by atoms with van der Waals surface area (Å²) in [6.07, 6.45) is 8.76. The second-order valence-corrected chi connectivity index (χ2v) is 7.58. The SMILES string of the molecule is NCC(Nc1ccccc1)C12CC3CC(CC(C3)C1)C2. The first-order valence-corrected chi connectivity index (χ1v) is 8.29. The minimum absolute atomic E-state index is 0.457. The molecule has 5 rings (SSSR count). The maximum Gasteiger partial charge on any atom is 0.0440 e. The minimum atomic E-state index is 0.457. The van der Waals surface area contributed by atoms with Gasteiger partial charge in [-0.3, -0.25) is 0 Å². The zero-order valence-corrected chi connectivity index (χ0v) is 12.2. The van der Waals surface area contributed by atoms with E-state index in [-0.39, 0.29) is 0 Å². The zero-order chi connectivity index (χ0) is 13.6. The van der Waals surface area contributed by atoms with Crippen molar-refractivity contribution in [3.8, 4) is 0 Å². The van der Waals surface area contributed by atoms with Crippen LogP contribution in [-0.2, 0) is 0 Å². The monoisotopic (exact) mass is 270 g/mol. The number of hydrogen-bond acceptors (Lipinski definition) is 2. The van der Waals surface area contributed by atoms with Gasteiger partial charge in [0.15, 0.2) is 0 Å². The van der Waals surface area contributed by atoms with Crippen LogP contribution in [0.15, 0.2) is 30.3 Å². The number of rotatable bonds is 4. The van der Waals surface area contributed by atoms with Gasteiger partial charge >= 0.3 is 0 Å². The van der Waals surface area contributed by atoms with Crippen LogP contribution in [0.1, 0.15) is 38.5 Å². The van der Waals surface area contributed by atoms with E-state index in [2.05, 4.69) is 35.6 Å². The van der Waals surface area contributed by atoms with Crippen LogP contribution < -0.4 is 11.1 Å². The van der Waals surface area contributed by atoms with Crippen LogP contribution in [-0.4, -0.2) is 12.6 Å². The topological polar surface area (TPSA) is 38.0 Å². The average Bonchev–Trinajstić information content (AvgIpc) is 2.44. The molecule has 4 aliphatic rings. The summed E-state index contributed by atoms with van der Waals surface area (Å²) >= 11 is 0. The van der Waals surface area contributed by atoms with Crippen LogP contribution in [0.3, 0.4) is 0 Å². The number of nitrogens with two attached hydrogens (primary N) is 1. The Balaban J connectivity index is 1.58. The van der Waals surface area contributed by atoms with E-state index in [0.29, 0.717) is 11.5 Å². The molecule has 1 aromatic carbocycles. The van der Waals surface area contributed by atoms with Crippen molar-refractivity contribution in [3.05, 3.63) is 30.3 Å². The van der Waals surface area contributed by atoms with E-state index in [9.17, 15) is 0 Å². The van der Waals surface area contributed by atoms with Crippen LogP contribution >= 0.6 is 0 Å². The van der Waals surface area contributed by atoms with E-state index in [4.69, 9.17) is 5.73 Å². The third-order valence-electron chi connectivity index (χ3n) is 6.18. The molecule has 0 radical (unpaired) electrons. The highest BCUT2D eigenvalue weighted by atomic mass is 15.0. The molecule has 4 fully saturated rings. The highest BCUT2D eigenvalue weighted by Crippen LogP contribution is 2.61. The standard InChI is InChI=1S/C18H26N2/c19-12-17(20-16-4-2-1-3-5-16)18-9-13-6-14(10-18)8-15(7-13)11-18/h1-5,13-15,17,20H,6-12,19H2. The molecule has 0 heterocycles. The Labute approximate surface area is 122 Å². The maximum absolute atomic E-state index is 6.18. The highest BCUT2D eigenvalue weighted by Gasteiger charge is 2.53. The predicted molar refractivity (Wildman–Crippen MR) is 83.5 cm³/mol. The van der Waals surface area contributed by atoms with Crippen molar-refractivity contribution in [1.82, 2.24) is 0 Å². The van der Waals surface area contributed by atoms with Crippen molar-refractivity contribution in [2.24, 2.45) is 28.9 Å². The van der Waals surface area contributed by atoms with Gasteiger partial charge in [0.2, 0.25) is 0 Å². The van der Waals surface area contributed by atoms with Gasteiger partial charge in [0.25, 0.3) is 0 Å². The molecule has 2 heteroatoms. The van der Waals surface area contributed by atoms with E-state index < -0.39 is 0 Å². The maximum atomic E-state index is 6.18. The summed E-state index contributed by atoms with van der Waals surface area (Å²) in [6.45, 7) is 0.765. The van der Waals surface area contributed by atoms with Crippen molar-refractivity contribution in [3.63, 3.8) is 0 Å². The van der Waals surface area contributed by atoms with Crippen molar-refractivity contribution in [2.75, 3.05) is 11.9 Å². The highest BCUT2D eigenvalue weighted by molar-refractivity contribution is 5.44. The smallest absolute Gasteiger partial charge is 0.0440 e. The predicted octanol–water partition coefficient (Wildman–Crippen LogP) is 3.64. The van der Waals surface area contributed by atoms with E-state index in [1.54, 1.807) is 0 Å². The van der Waals surface area contributed by atoms with E-state index in [1.165, 1.54) is 44.2 Å². The molecular weight excluding hydrogens is 244 g/mol. The van der Waals surface area contributed by atoms with Crippen molar-refractivity contribution in [1.29, 1.82) is 0 Å². The molecule has 108 valence electrons. The first kappa shape index (κ1) is 12.7. The molecule has 4 bridgehead atoms. The van der Waals surface area contributed by atoms with E-state index in [0.717, 1.165) is 24.3 Å². The third kappa shape index (κ3) is 2.05. The largest absolute Gasteiger partial charge is 0.380 e. The van der Waals surface area contributed by atoms with Crippen LogP contribution in [0.4, 0.5) is 5.69 Å². The normalized spacial score (nSPS) is 39.8. The van der Waals surface area contributed by atoms with Crippen LogP contribution in [0.2, 0.25) is 0 Å². The second-order valence-electron chi connectivity index (χ2n) is 7.58. The Morgan fingerprint density at radius 3 is 2.05 bits per heavy atom. The number of nitrogens with one attached hydrogen (secondary N) is 1. The molecule has 1 unspecified atom stereocenters. The number of benzene rings is 1. The van der Waals surface area contributed by atoms with Gasteiger partial charge < -0.3 is 11.1 Å². The van der Waals surface area contributed by atoms with E-state index >= 15 is 0 Å². The molecule has 4 aliphatic carbocycles. The molecule has 0 amide bonds. The van der Waals surface area contributed by atoms with Gasteiger partial charge in [-0.1, -0.05) is 18.2 Å². The first-order valence-electron chi connectivity index (χ1n) is 8.29. The third-order valence-corrected chi connectivity index (χ3v) is 6.18. The first-order chi connectivity index (χ1) is 9.77. The summed E-state index contributed by atoms with van der Waals surface area (Å²) < 4.78 is 0. The summed E-state index contributed by atoms with van der Waals surface area (Å²) in [7, 11) is 0. The van der Waals surface area contributed by atoms with Crippen LogP contribution in [0.5, 0.6) is 0 Å². The molecule has 0 aromatic heterocycles. The van der Waals surface area contributed by atoms with Gasteiger partial charge in [-0.25, -0.2) is 0 Å². The Bertz CT molecular complexity index is 432. The Hall–Kier alpha value is -1.02. The van der Waals surface area contributed by atoms with Gasteiger partial charge in [-0.05, 0) is 73.8 Å². The summed E-state index contributed by atoms with van der Waals surface area (Å²) in [5.41, 5.74) is 7.90. The van der Waals surface area contributed by atoms with Crippen molar-refractivity contribution in [2.45, 2.75) is 44.6 Å². The molecule has 4 saturated carbocycles. The Morgan fingerprint density at radius 2 is 1.55 bits per heavy atom. The summed E-state index contributed by atoms with van der Waals surface area (Å²) in [4.78, 5) is 0. The van der Waals surface area contributed by atoms with E-state index in [1.807, 2.05) is 0 Å². The van der Waals surface area contributed by atoms with Crippen LogP contribution in [0, 0.1) is 23.2 Å². The average molecular weight is 270 g/mol. The number of hydrogen-bond donors (Lipinski definition) is 2. The van der Waals surface area contributed by atoms with Crippen molar-refractivity contribution >= 4 is 5.69 Å². The Kier molecular flexibility index (Phi) is 3.03. The number of anilines is 1. The molecule has 0 aliphatic heterocycles. The van der Waals surface area contributed by atoms with Crippen molar-refractivity contribution < 1.29 is 0 Å². The quantitative estimate of drug-likeness (QED) is 0.876. The molecule has 3 N–H and O–H groups in total. The summed E-state index contributed by atoms with van der Waals surface area (Å²) in [5.74, 6) is 2.98. The summed E-state index contributed by atoms with van der Waals surface area (Å²) in [5, 5.41) is 3.76. The van der Waals surface area contributed by atoms with Gasteiger partial charge in [-0.15, -0.1) is 0 Å². The van der Waals surface area contributed by atoms with Gasteiger partial charge in [0.05, 0.1) is 0 Å². The molecule has 0 spiro atoms. The van der Waals surface area contributed by atoms with Gasteiger partial charge in [0.1, 0.15) is 0 Å². The molecule has 0 saturated heterocycles. The minimum Gasteiger partial charge on any atom is -0.380 e. The molecule has 1 aromatic rings. The number of para-hydroxylation sites is 1. The summed E-state index contributed by atoms with van der Waals surface area (Å²) in [6, 6.07) is 11.1. The molecule has 1 atom stereocenters. The fourth-order valence-corrected chi connectivity index (χ4v) is 5.80. The lowest BCUT2D eigenvalue weighted by atomic mass is 9.47. The lowest BCUT2D eigenvalue weighted by Gasteiger charge is -2.59. The zero-order valence-electron chi connectivity index (χ0n) is 12.2. The lowest BCUT2D eigenvalue weighted by molar-refractivity contribution is -0.0616. The van der Waals surface area contributed by atoms with Crippen LogP contribution in [0.25, 0.3) is 0 Å². The fourth-order valence-electron chi connectivity index (χ4n) is 5.80. The fraction of sp³-hybridized carbons (Fsp3) is 0.667.